The van der Waals surface area contributed by atoms with E-state index in [0.29, 0.717) is 10.6 Å². The van der Waals surface area contributed by atoms with Gasteiger partial charge < -0.3 is 10.6 Å². The summed E-state index contributed by atoms with van der Waals surface area (Å²) in [6.45, 7) is 4.38. The van der Waals surface area contributed by atoms with Gasteiger partial charge in [-0.2, -0.15) is 0 Å². The molecule has 0 heterocycles. The van der Waals surface area contributed by atoms with Crippen molar-refractivity contribution in [2.24, 2.45) is 0 Å². The van der Waals surface area contributed by atoms with E-state index in [2.05, 4.69) is 24.5 Å². The molecule has 0 spiro atoms. The first kappa shape index (κ1) is 19.0. The Bertz CT molecular complexity index is 737. The minimum Gasteiger partial charge on any atom is -0.351 e. The Kier molecular flexibility index (Phi) is 7.02. The second kappa shape index (κ2) is 9.23. The van der Waals surface area contributed by atoms with Crippen molar-refractivity contribution in [1.29, 1.82) is 0 Å². The second-order valence-electron chi connectivity index (χ2n) is 5.69. The highest BCUT2D eigenvalue weighted by Gasteiger charge is 2.12. The van der Waals surface area contributed by atoms with Gasteiger partial charge in [-0.1, -0.05) is 55.8 Å². The number of rotatable bonds is 7. The van der Waals surface area contributed by atoms with Crippen LogP contribution in [0, 0.1) is 0 Å². The predicted molar refractivity (Wildman–Crippen MR) is 102 cm³/mol. The Balaban J connectivity index is 1.92. The number of aryl methyl sites for hydroxylation is 2. The molecule has 0 aliphatic carbocycles. The second-order valence-corrected chi connectivity index (χ2v) is 6.10. The maximum Gasteiger partial charge on any atom is 0.252 e. The molecule has 0 atom stereocenters. The number of para-hydroxylation sites is 1. The van der Waals surface area contributed by atoms with E-state index < -0.39 is 0 Å². The zero-order chi connectivity index (χ0) is 18.2. The Labute approximate surface area is 153 Å². The average Bonchev–Trinajstić information content (AvgIpc) is 2.62. The van der Waals surface area contributed by atoms with E-state index in [1.807, 2.05) is 18.2 Å². The maximum absolute atomic E-state index is 12.2. The summed E-state index contributed by atoms with van der Waals surface area (Å²) in [7, 11) is 0. The summed E-state index contributed by atoms with van der Waals surface area (Å²) >= 11 is 5.99. The third-order valence-electron chi connectivity index (χ3n) is 4.02. The number of hydrogen-bond acceptors (Lipinski definition) is 2. The van der Waals surface area contributed by atoms with Gasteiger partial charge in [-0.25, -0.2) is 0 Å². The summed E-state index contributed by atoms with van der Waals surface area (Å²) in [4.78, 5) is 24.3. The largest absolute Gasteiger partial charge is 0.351 e. The van der Waals surface area contributed by atoms with Crippen molar-refractivity contribution in [3.8, 4) is 0 Å². The van der Waals surface area contributed by atoms with Crippen LogP contribution >= 0.6 is 11.6 Å². The van der Waals surface area contributed by atoms with E-state index in [-0.39, 0.29) is 24.8 Å². The van der Waals surface area contributed by atoms with Gasteiger partial charge in [-0.05, 0) is 36.1 Å². The normalized spacial score (nSPS) is 10.4. The van der Waals surface area contributed by atoms with Crippen LogP contribution in [-0.4, -0.2) is 18.4 Å². The van der Waals surface area contributed by atoms with Crippen molar-refractivity contribution in [2.45, 2.75) is 33.1 Å². The van der Waals surface area contributed by atoms with E-state index in [4.69, 9.17) is 11.6 Å². The summed E-state index contributed by atoms with van der Waals surface area (Å²) in [6.07, 6.45) is 1.91. The van der Waals surface area contributed by atoms with Gasteiger partial charge in [-0.3, -0.25) is 9.59 Å². The number of benzene rings is 2. The molecule has 0 unspecified atom stereocenters. The summed E-state index contributed by atoms with van der Waals surface area (Å²) in [5.41, 5.74) is 3.55. The van der Waals surface area contributed by atoms with Crippen LogP contribution in [0.2, 0.25) is 5.02 Å². The standard InChI is InChI=1S/C20H23ClN2O2/c1-3-14-8-7-9-15(4-2)19(14)23-18(24)12-13-22-20(25)16-10-5-6-11-17(16)21/h5-11H,3-4,12-13H2,1-2H3,(H,22,25)(H,23,24). The van der Waals surface area contributed by atoms with E-state index in [0.717, 1.165) is 29.7 Å². The first-order valence-corrected chi connectivity index (χ1v) is 8.87. The molecule has 0 aliphatic heterocycles. The lowest BCUT2D eigenvalue weighted by Crippen LogP contribution is -2.28. The predicted octanol–water partition coefficient (Wildman–Crippen LogP) is 4.22. The lowest BCUT2D eigenvalue weighted by Gasteiger charge is -2.14. The Hall–Kier alpha value is -2.33. The minimum atomic E-state index is -0.276. The van der Waals surface area contributed by atoms with Crippen molar-refractivity contribution in [1.82, 2.24) is 5.32 Å². The minimum absolute atomic E-state index is 0.116. The van der Waals surface area contributed by atoms with Gasteiger partial charge in [0.2, 0.25) is 5.91 Å². The SMILES string of the molecule is CCc1cccc(CC)c1NC(=O)CCNC(=O)c1ccccc1Cl. The molecule has 2 amide bonds. The molecule has 2 N–H and O–H groups in total. The third-order valence-corrected chi connectivity index (χ3v) is 4.35. The highest BCUT2D eigenvalue weighted by molar-refractivity contribution is 6.33. The number of carbonyl (C=O) groups excluding carboxylic acids is 2. The van der Waals surface area contributed by atoms with Crippen molar-refractivity contribution in [3.63, 3.8) is 0 Å². The summed E-state index contributed by atoms with van der Waals surface area (Å²) < 4.78 is 0. The van der Waals surface area contributed by atoms with Crippen LogP contribution < -0.4 is 10.6 Å². The van der Waals surface area contributed by atoms with Crippen LogP contribution in [0.15, 0.2) is 42.5 Å². The quantitative estimate of drug-likeness (QED) is 0.778. The molecule has 0 radical (unpaired) electrons. The first-order valence-electron chi connectivity index (χ1n) is 8.50. The molecule has 0 saturated heterocycles. The van der Waals surface area contributed by atoms with Crippen LogP contribution in [-0.2, 0) is 17.6 Å². The van der Waals surface area contributed by atoms with Gasteiger partial charge in [0.15, 0.2) is 0 Å². The Morgan fingerprint density at radius 3 is 2.20 bits per heavy atom. The van der Waals surface area contributed by atoms with Crippen molar-refractivity contribution >= 4 is 29.1 Å². The highest BCUT2D eigenvalue weighted by atomic mass is 35.5. The first-order chi connectivity index (χ1) is 12.1. The van der Waals surface area contributed by atoms with Crippen LogP contribution in [0.25, 0.3) is 0 Å². The van der Waals surface area contributed by atoms with Gasteiger partial charge in [0.25, 0.3) is 5.91 Å². The molecule has 0 aromatic heterocycles. The molecule has 0 fully saturated rings. The van der Waals surface area contributed by atoms with Gasteiger partial charge >= 0.3 is 0 Å². The summed E-state index contributed by atoms with van der Waals surface area (Å²) in [5.74, 6) is -0.392. The number of anilines is 1. The summed E-state index contributed by atoms with van der Waals surface area (Å²) in [5, 5.41) is 6.12. The van der Waals surface area contributed by atoms with Crippen LogP contribution in [0.4, 0.5) is 5.69 Å². The smallest absolute Gasteiger partial charge is 0.252 e. The van der Waals surface area contributed by atoms with Crippen LogP contribution in [0.1, 0.15) is 41.8 Å². The van der Waals surface area contributed by atoms with Gasteiger partial charge in [0.05, 0.1) is 10.6 Å². The van der Waals surface area contributed by atoms with Crippen molar-refractivity contribution in [2.75, 3.05) is 11.9 Å². The Morgan fingerprint density at radius 1 is 0.960 bits per heavy atom. The van der Waals surface area contributed by atoms with Crippen LogP contribution in [0.5, 0.6) is 0 Å². The topological polar surface area (TPSA) is 58.2 Å². The molecule has 0 saturated carbocycles. The number of amides is 2. The number of nitrogens with one attached hydrogen (secondary N) is 2. The summed E-state index contributed by atoms with van der Waals surface area (Å²) in [6, 6.07) is 12.9. The average molecular weight is 359 g/mol. The molecule has 5 heteroatoms. The molecule has 25 heavy (non-hydrogen) atoms. The Morgan fingerprint density at radius 2 is 1.60 bits per heavy atom. The zero-order valence-corrected chi connectivity index (χ0v) is 15.3. The molecule has 2 aromatic rings. The fourth-order valence-electron chi connectivity index (χ4n) is 2.64. The number of carbonyl (C=O) groups is 2. The molecular weight excluding hydrogens is 336 g/mol. The lowest BCUT2D eigenvalue weighted by atomic mass is 10.0. The zero-order valence-electron chi connectivity index (χ0n) is 14.6. The van der Waals surface area contributed by atoms with Gasteiger partial charge in [0, 0.05) is 18.7 Å². The lowest BCUT2D eigenvalue weighted by molar-refractivity contribution is -0.116. The van der Waals surface area contributed by atoms with Crippen molar-refractivity contribution < 1.29 is 9.59 Å². The third kappa shape index (κ3) is 5.07. The molecule has 0 aliphatic rings. The van der Waals surface area contributed by atoms with Gasteiger partial charge in [0.1, 0.15) is 0 Å². The maximum atomic E-state index is 12.2. The number of halogens is 1. The molecule has 132 valence electrons. The van der Waals surface area contributed by atoms with Crippen molar-refractivity contribution in [3.05, 3.63) is 64.2 Å². The fourth-order valence-corrected chi connectivity index (χ4v) is 2.86. The molecule has 0 bridgehead atoms. The molecule has 4 nitrogen and oxygen atoms in total. The van der Waals surface area contributed by atoms with Crippen LogP contribution in [0.3, 0.4) is 0 Å². The van der Waals surface area contributed by atoms with E-state index >= 15 is 0 Å². The monoisotopic (exact) mass is 358 g/mol. The fraction of sp³-hybridized carbons (Fsp3) is 0.300. The number of hydrogen-bond donors (Lipinski definition) is 2. The molecular formula is C20H23ClN2O2. The van der Waals surface area contributed by atoms with E-state index in [9.17, 15) is 9.59 Å². The highest BCUT2D eigenvalue weighted by Crippen LogP contribution is 2.22. The molecule has 2 aromatic carbocycles. The van der Waals surface area contributed by atoms with Gasteiger partial charge in [-0.15, -0.1) is 0 Å². The van der Waals surface area contributed by atoms with E-state index in [1.54, 1.807) is 24.3 Å². The molecule has 2 rings (SSSR count). The van der Waals surface area contributed by atoms with E-state index in [1.165, 1.54) is 0 Å².